The molecular weight excluding hydrogens is 289 g/mol. The molecular formula is C14H7F3O4. The maximum absolute atomic E-state index is 14.2. The first-order chi connectivity index (χ1) is 9.86. The summed E-state index contributed by atoms with van der Waals surface area (Å²) in [5, 5.41) is 17.7. The van der Waals surface area contributed by atoms with Crippen LogP contribution in [-0.4, -0.2) is 22.2 Å². The summed E-state index contributed by atoms with van der Waals surface area (Å²) in [7, 11) is 0. The second kappa shape index (κ2) is 5.28. The lowest BCUT2D eigenvalue weighted by Crippen LogP contribution is -2.16. The van der Waals surface area contributed by atoms with Crippen LogP contribution in [0.25, 0.3) is 11.1 Å². The third-order valence-corrected chi connectivity index (χ3v) is 2.81. The molecule has 2 rings (SSSR count). The molecule has 7 heteroatoms. The maximum atomic E-state index is 14.2. The molecule has 0 aliphatic carbocycles. The molecule has 0 saturated heterocycles. The van der Waals surface area contributed by atoms with Crippen molar-refractivity contribution in [3.8, 4) is 11.1 Å². The third kappa shape index (κ3) is 2.33. The molecule has 0 aliphatic rings. The Balaban J connectivity index is 2.93. The van der Waals surface area contributed by atoms with Gasteiger partial charge in [-0.15, -0.1) is 0 Å². The lowest BCUT2D eigenvalue weighted by molar-refractivity contribution is 0.0641. The SMILES string of the molecule is O=C(O)c1c(F)c(F)c(-c2ccccc2)c(F)c1C(=O)O. The van der Waals surface area contributed by atoms with Gasteiger partial charge in [0.15, 0.2) is 11.6 Å². The van der Waals surface area contributed by atoms with Crippen molar-refractivity contribution in [3.05, 3.63) is 58.9 Å². The molecule has 0 amide bonds. The number of hydrogen-bond donors (Lipinski definition) is 2. The van der Waals surface area contributed by atoms with Gasteiger partial charge >= 0.3 is 11.9 Å². The molecule has 0 radical (unpaired) electrons. The Morgan fingerprint density at radius 1 is 0.762 bits per heavy atom. The van der Waals surface area contributed by atoms with Crippen LogP contribution >= 0.6 is 0 Å². The molecule has 0 aliphatic heterocycles. The molecule has 0 aromatic heterocycles. The summed E-state index contributed by atoms with van der Waals surface area (Å²) in [5.41, 5.74) is -3.99. The molecule has 0 fully saturated rings. The van der Waals surface area contributed by atoms with Gasteiger partial charge in [0, 0.05) is 0 Å². The van der Waals surface area contributed by atoms with Crippen molar-refractivity contribution < 1.29 is 33.0 Å². The van der Waals surface area contributed by atoms with E-state index in [9.17, 15) is 22.8 Å². The summed E-state index contributed by atoms with van der Waals surface area (Å²) >= 11 is 0. The summed E-state index contributed by atoms with van der Waals surface area (Å²) in [6.07, 6.45) is 0. The second-order valence-electron chi connectivity index (χ2n) is 4.04. The second-order valence-corrected chi connectivity index (χ2v) is 4.04. The van der Waals surface area contributed by atoms with Gasteiger partial charge in [0.25, 0.3) is 0 Å². The van der Waals surface area contributed by atoms with Crippen LogP contribution < -0.4 is 0 Å². The number of aromatic carboxylic acids is 2. The molecule has 0 spiro atoms. The van der Waals surface area contributed by atoms with Crippen LogP contribution in [-0.2, 0) is 0 Å². The number of hydrogen-bond acceptors (Lipinski definition) is 2. The van der Waals surface area contributed by atoms with E-state index in [-0.39, 0.29) is 5.56 Å². The Hall–Kier alpha value is -2.83. The molecule has 0 atom stereocenters. The van der Waals surface area contributed by atoms with Crippen molar-refractivity contribution in [3.63, 3.8) is 0 Å². The van der Waals surface area contributed by atoms with Crippen LogP contribution in [0.5, 0.6) is 0 Å². The number of carboxylic acid groups (broad SMARTS) is 2. The fraction of sp³-hybridized carbons (Fsp3) is 0. The van der Waals surface area contributed by atoms with Gasteiger partial charge in [0.1, 0.15) is 16.9 Å². The summed E-state index contributed by atoms with van der Waals surface area (Å²) in [5.74, 6) is -9.37. The quantitative estimate of drug-likeness (QED) is 0.853. The van der Waals surface area contributed by atoms with Gasteiger partial charge < -0.3 is 10.2 Å². The molecule has 2 aromatic carbocycles. The number of carbonyl (C=O) groups is 2. The zero-order valence-corrected chi connectivity index (χ0v) is 10.2. The Morgan fingerprint density at radius 2 is 1.24 bits per heavy atom. The minimum atomic E-state index is -2.07. The van der Waals surface area contributed by atoms with Crippen molar-refractivity contribution in [1.29, 1.82) is 0 Å². The van der Waals surface area contributed by atoms with E-state index in [1.54, 1.807) is 6.07 Å². The van der Waals surface area contributed by atoms with Crippen molar-refractivity contribution in [2.45, 2.75) is 0 Å². The minimum absolute atomic E-state index is 0.106. The standard InChI is InChI=1S/C14H7F3O4/c15-10-7(6-4-2-1-3-5-6)11(16)12(17)9(14(20)21)8(10)13(18)19/h1-5H,(H,18,19)(H,20,21). The van der Waals surface area contributed by atoms with Crippen LogP contribution in [0, 0.1) is 17.5 Å². The largest absolute Gasteiger partial charge is 0.478 e. The first-order valence-electron chi connectivity index (χ1n) is 5.58. The molecule has 0 bridgehead atoms. The average molecular weight is 296 g/mol. The molecule has 0 heterocycles. The Bertz CT molecular complexity index is 742. The Labute approximate surface area is 116 Å². The lowest BCUT2D eigenvalue weighted by Gasteiger charge is -2.12. The Morgan fingerprint density at radius 3 is 1.71 bits per heavy atom. The highest BCUT2D eigenvalue weighted by Crippen LogP contribution is 2.32. The van der Waals surface area contributed by atoms with Crippen LogP contribution in [0.2, 0.25) is 0 Å². The van der Waals surface area contributed by atoms with Crippen LogP contribution in [0.15, 0.2) is 30.3 Å². The van der Waals surface area contributed by atoms with E-state index in [1.807, 2.05) is 0 Å². The zero-order chi connectivity index (χ0) is 15.7. The van der Waals surface area contributed by atoms with E-state index >= 15 is 0 Å². The van der Waals surface area contributed by atoms with Gasteiger partial charge in [-0.1, -0.05) is 30.3 Å². The van der Waals surface area contributed by atoms with Crippen molar-refractivity contribution in [2.24, 2.45) is 0 Å². The number of carboxylic acids is 2. The highest BCUT2D eigenvalue weighted by Gasteiger charge is 2.32. The van der Waals surface area contributed by atoms with Gasteiger partial charge in [0.05, 0.1) is 5.56 Å². The third-order valence-electron chi connectivity index (χ3n) is 2.81. The fourth-order valence-electron chi connectivity index (χ4n) is 1.92. The monoisotopic (exact) mass is 296 g/mol. The van der Waals surface area contributed by atoms with Crippen LogP contribution in [0.1, 0.15) is 20.7 Å². The van der Waals surface area contributed by atoms with Gasteiger partial charge in [-0.25, -0.2) is 22.8 Å². The Kier molecular flexibility index (Phi) is 3.66. The zero-order valence-electron chi connectivity index (χ0n) is 10.2. The molecule has 21 heavy (non-hydrogen) atoms. The van der Waals surface area contributed by atoms with Crippen molar-refractivity contribution in [1.82, 2.24) is 0 Å². The molecule has 0 unspecified atom stereocenters. The first-order valence-corrected chi connectivity index (χ1v) is 5.58. The number of halogens is 3. The van der Waals surface area contributed by atoms with Gasteiger partial charge in [-0.2, -0.15) is 0 Å². The van der Waals surface area contributed by atoms with E-state index in [0.717, 1.165) is 0 Å². The highest BCUT2D eigenvalue weighted by atomic mass is 19.2. The predicted octanol–water partition coefficient (Wildman–Crippen LogP) is 3.17. The van der Waals surface area contributed by atoms with Crippen LogP contribution in [0.3, 0.4) is 0 Å². The highest BCUT2D eigenvalue weighted by molar-refractivity contribution is 6.03. The first kappa shape index (κ1) is 14.6. The average Bonchev–Trinajstić information content (AvgIpc) is 2.43. The molecule has 0 saturated carbocycles. The van der Waals surface area contributed by atoms with Gasteiger partial charge in [0.2, 0.25) is 0 Å². The number of rotatable bonds is 3. The van der Waals surface area contributed by atoms with E-state index < -0.39 is 46.1 Å². The molecule has 2 N–H and O–H groups in total. The van der Waals surface area contributed by atoms with Gasteiger partial charge in [-0.05, 0) is 5.56 Å². The lowest BCUT2D eigenvalue weighted by atomic mass is 9.96. The summed E-state index contributed by atoms with van der Waals surface area (Å²) in [6, 6.07) is 6.86. The maximum Gasteiger partial charge on any atom is 0.339 e. The van der Waals surface area contributed by atoms with E-state index in [2.05, 4.69) is 0 Å². The summed E-state index contributed by atoms with van der Waals surface area (Å²) in [6.45, 7) is 0. The van der Waals surface area contributed by atoms with Crippen LogP contribution in [0.4, 0.5) is 13.2 Å². The van der Waals surface area contributed by atoms with E-state index in [0.29, 0.717) is 0 Å². The van der Waals surface area contributed by atoms with Crippen molar-refractivity contribution in [2.75, 3.05) is 0 Å². The topological polar surface area (TPSA) is 74.6 Å². The summed E-state index contributed by atoms with van der Waals surface area (Å²) in [4.78, 5) is 21.9. The van der Waals surface area contributed by atoms with Crippen molar-refractivity contribution >= 4 is 11.9 Å². The fourth-order valence-corrected chi connectivity index (χ4v) is 1.92. The normalized spacial score (nSPS) is 10.4. The molecule has 108 valence electrons. The molecule has 2 aromatic rings. The van der Waals surface area contributed by atoms with Gasteiger partial charge in [-0.3, -0.25) is 0 Å². The predicted molar refractivity (Wildman–Crippen MR) is 65.7 cm³/mol. The molecule has 4 nitrogen and oxygen atoms in total. The van der Waals surface area contributed by atoms with E-state index in [1.165, 1.54) is 24.3 Å². The summed E-state index contributed by atoms with van der Waals surface area (Å²) < 4.78 is 42.0. The van der Waals surface area contributed by atoms with E-state index in [4.69, 9.17) is 10.2 Å². The number of benzene rings is 2. The smallest absolute Gasteiger partial charge is 0.339 e. The minimum Gasteiger partial charge on any atom is -0.478 e.